The van der Waals surface area contributed by atoms with Gasteiger partial charge in [-0.15, -0.1) is 0 Å². The molecular formula is C15H30N2. The molecule has 0 aromatic heterocycles. The molecule has 1 heterocycles. The molecule has 0 spiro atoms. The highest BCUT2D eigenvalue weighted by molar-refractivity contribution is 4.86. The first-order chi connectivity index (χ1) is 8.33. The van der Waals surface area contributed by atoms with Crippen LogP contribution >= 0.6 is 0 Å². The molecule has 1 unspecified atom stereocenters. The van der Waals surface area contributed by atoms with Gasteiger partial charge in [-0.25, -0.2) is 0 Å². The first-order valence-corrected chi connectivity index (χ1v) is 7.80. The summed E-state index contributed by atoms with van der Waals surface area (Å²) in [6.45, 7) is 8.56. The molecule has 1 atom stereocenters. The lowest BCUT2D eigenvalue weighted by Crippen LogP contribution is -2.41. The van der Waals surface area contributed by atoms with Crippen LogP contribution in [0.1, 0.15) is 58.8 Å². The van der Waals surface area contributed by atoms with Gasteiger partial charge in [0.05, 0.1) is 0 Å². The lowest BCUT2D eigenvalue weighted by Gasteiger charge is -2.35. The number of nitrogens with one attached hydrogen (secondary N) is 1. The van der Waals surface area contributed by atoms with Crippen molar-refractivity contribution in [3.8, 4) is 0 Å². The van der Waals surface area contributed by atoms with Crippen LogP contribution in [0.5, 0.6) is 0 Å². The molecule has 17 heavy (non-hydrogen) atoms. The second-order valence-corrected chi connectivity index (χ2v) is 6.02. The van der Waals surface area contributed by atoms with Crippen LogP contribution in [0.2, 0.25) is 0 Å². The Bertz CT molecular complexity index is 209. The van der Waals surface area contributed by atoms with Crippen molar-refractivity contribution in [2.24, 2.45) is 5.92 Å². The van der Waals surface area contributed by atoms with Gasteiger partial charge in [0.1, 0.15) is 0 Å². The molecule has 1 aliphatic carbocycles. The topological polar surface area (TPSA) is 15.3 Å². The highest BCUT2D eigenvalue weighted by Crippen LogP contribution is 2.28. The zero-order valence-electron chi connectivity index (χ0n) is 11.8. The lowest BCUT2D eigenvalue weighted by atomic mass is 9.90. The predicted molar refractivity (Wildman–Crippen MR) is 74.3 cm³/mol. The summed E-state index contributed by atoms with van der Waals surface area (Å²) in [5.41, 5.74) is 0. The summed E-state index contributed by atoms with van der Waals surface area (Å²) in [7, 11) is 0. The molecule has 2 heteroatoms. The summed E-state index contributed by atoms with van der Waals surface area (Å²) in [6.07, 6.45) is 9.75. The van der Waals surface area contributed by atoms with E-state index >= 15 is 0 Å². The average molecular weight is 238 g/mol. The van der Waals surface area contributed by atoms with Gasteiger partial charge in [0.2, 0.25) is 0 Å². The van der Waals surface area contributed by atoms with Crippen LogP contribution in [0.25, 0.3) is 0 Å². The Labute approximate surface area is 107 Å². The molecule has 1 N–H and O–H groups in total. The fraction of sp³-hybridized carbons (Fsp3) is 1.00. The normalized spacial score (nSPS) is 35.3. The number of nitrogens with zero attached hydrogens (tertiary/aromatic N) is 1. The first-order valence-electron chi connectivity index (χ1n) is 7.80. The van der Waals surface area contributed by atoms with Crippen molar-refractivity contribution in [3.05, 3.63) is 0 Å². The maximum absolute atomic E-state index is 3.68. The van der Waals surface area contributed by atoms with Gasteiger partial charge >= 0.3 is 0 Å². The second-order valence-electron chi connectivity index (χ2n) is 6.02. The molecule has 0 radical (unpaired) electrons. The van der Waals surface area contributed by atoms with Gasteiger partial charge in [0.25, 0.3) is 0 Å². The summed E-state index contributed by atoms with van der Waals surface area (Å²) in [5.74, 6) is 0.992. The highest BCUT2D eigenvalue weighted by Gasteiger charge is 2.30. The van der Waals surface area contributed by atoms with Crippen LogP contribution in [0.15, 0.2) is 0 Å². The second kappa shape index (κ2) is 6.75. The maximum atomic E-state index is 3.68. The fourth-order valence-corrected chi connectivity index (χ4v) is 3.52. The summed E-state index contributed by atoms with van der Waals surface area (Å²) < 4.78 is 0. The molecule has 2 nitrogen and oxygen atoms in total. The van der Waals surface area contributed by atoms with Gasteiger partial charge in [-0.3, -0.25) is 0 Å². The van der Waals surface area contributed by atoms with Gasteiger partial charge in [-0.05, 0) is 57.5 Å². The van der Waals surface area contributed by atoms with E-state index in [0.29, 0.717) is 0 Å². The summed E-state index contributed by atoms with van der Waals surface area (Å²) in [5, 5.41) is 3.68. The largest absolute Gasteiger partial charge is 0.314 e. The van der Waals surface area contributed by atoms with E-state index in [9.17, 15) is 0 Å². The average Bonchev–Trinajstić information content (AvgIpc) is 2.86. The van der Waals surface area contributed by atoms with Crippen LogP contribution in [-0.4, -0.2) is 36.6 Å². The Morgan fingerprint density at radius 1 is 1.06 bits per heavy atom. The third-order valence-electron chi connectivity index (χ3n) is 4.79. The zero-order valence-corrected chi connectivity index (χ0v) is 11.8. The lowest BCUT2D eigenvalue weighted by molar-refractivity contribution is 0.168. The van der Waals surface area contributed by atoms with E-state index in [1.54, 1.807) is 0 Å². The molecule has 0 bridgehead atoms. The summed E-state index contributed by atoms with van der Waals surface area (Å²) in [4.78, 5) is 2.78. The minimum Gasteiger partial charge on any atom is -0.314 e. The molecule has 1 saturated heterocycles. The molecule has 1 saturated carbocycles. The Hall–Kier alpha value is -0.0800. The smallest absolute Gasteiger partial charge is 0.00965 e. The Morgan fingerprint density at radius 3 is 2.41 bits per heavy atom. The minimum atomic E-state index is 0.816. The van der Waals surface area contributed by atoms with Gasteiger partial charge in [-0.1, -0.05) is 20.3 Å². The monoisotopic (exact) mass is 238 g/mol. The summed E-state index contributed by atoms with van der Waals surface area (Å²) >= 11 is 0. The van der Waals surface area contributed by atoms with E-state index in [0.717, 1.165) is 18.0 Å². The minimum absolute atomic E-state index is 0.816. The van der Waals surface area contributed by atoms with Gasteiger partial charge in [0.15, 0.2) is 0 Å². The third-order valence-corrected chi connectivity index (χ3v) is 4.79. The number of hydrogen-bond acceptors (Lipinski definition) is 2. The molecule has 0 aromatic carbocycles. The summed E-state index contributed by atoms with van der Waals surface area (Å²) in [6, 6.07) is 1.72. The van der Waals surface area contributed by atoms with Crippen molar-refractivity contribution in [2.75, 3.05) is 19.6 Å². The van der Waals surface area contributed by atoms with Gasteiger partial charge < -0.3 is 10.2 Å². The van der Waals surface area contributed by atoms with E-state index in [1.165, 1.54) is 64.6 Å². The Kier molecular flexibility index (Phi) is 5.30. The molecule has 1 aliphatic heterocycles. The molecule has 0 aromatic rings. The van der Waals surface area contributed by atoms with Crippen molar-refractivity contribution in [1.29, 1.82) is 0 Å². The zero-order chi connectivity index (χ0) is 12.1. The van der Waals surface area contributed by atoms with E-state index in [2.05, 4.69) is 24.1 Å². The number of rotatable bonds is 5. The molecule has 2 fully saturated rings. The predicted octanol–water partition coefficient (Wildman–Crippen LogP) is 3.03. The van der Waals surface area contributed by atoms with Crippen LogP contribution in [-0.2, 0) is 0 Å². The Balaban J connectivity index is 1.68. The van der Waals surface area contributed by atoms with Crippen molar-refractivity contribution in [2.45, 2.75) is 70.9 Å². The number of likely N-dealkylation sites (tertiary alicyclic amines) is 1. The first kappa shape index (κ1) is 13.4. The van der Waals surface area contributed by atoms with Crippen LogP contribution < -0.4 is 5.32 Å². The van der Waals surface area contributed by atoms with Crippen molar-refractivity contribution in [3.63, 3.8) is 0 Å². The fourth-order valence-electron chi connectivity index (χ4n) is 3.52. The van der Waals surface area contributed by atoms with Crippen LogP contribution in [0, 0.1) is 5.92 Å². The molecular weight excluding hydrogens is 208 g/mol. The van der Waals surface area contributed by atoms with Crippen LogP contribution in [0.4, 0.5) is 0 Å². The highest BCUT2D eigenvalue weighted by atomic mass is 15.2. The molecule has 0 amide bonds. The quantitative estimate of drug-likeness (QED) is 0.792. The van der Waals surface area contributed by atoms with Crippen LogP contribution in [0.3, 0.4) is 0 Å². The van der Waals surface area contributed by atoms with Gasteiger partial charge in [-0.2, -0.15) is 0 Å². The van der Waals surface area contributed by atoms with Crippen molar-refractivity contribution >= 4 is 0 Å². The van der Waals surface area contributed by atoms with Gasteiger partial charge in [0, 0.05) is 18.6 Å². The maximum Gasteiger partial charge on any atom is 0.00965 e. The van der Waals surface area contributed by atoms with Crippen molar-refractivity contribution in [1.82, 2.24) is 10.2 Å². The standard InChI is InChI=1S/C15H30N2/c1-3-10-16-14-5-7-15(8-6-14)17-11-9-13(4-2)12-17/h13-16H,3-12H2,1-2H3. The number of hydrogen-bond donors (Lipinski definition) is 1. The van der Waals surface area contributed by atoms with E-state index < -0.39 is 0 Å². The van der Waals surface area contributed by atoms with E-state index in [-0.39, 0.29) is 0 Å². The Morgan fingerprint density at radius 2 is 1.82 bits per heavy atom. The van der Waals surface area contributed by atoms with E-state index in [4.69, 9.17) is 0 Å². The molecule has 2 aliphatic rings. The van der Waals surface area contributed by atoms with E-state index in [1.807, 2.05) is 0 Å². The molecule has 100 valence electrons. The molecule has 2 rings (SSSR count). The third kappa shape index (κ3) is 3.69. The SMILES string of the molecule is CCCNC1CCC(N2CCC(CC)C2)CC1. The van der Waals surface area contributed by atoms with Crippen molar-refractivity contribution < 1.29 is 0 Å².